The van der Waals surface area contributed by atoms with Crippen LogP contribution in [0.2, 0.25) is 0 Å². The Hall–Kier alpha value is -2.89. The molecule has 6 heteroatoms. The van der Waals surface area contributed by atoms with Crippen LogP contribution in [0.1, 0.15) is 28.5 Å². The van der Waals surface area contributed by atoms with Gasteiger partial charge in [0.05, 0.1) is 24.0 Å². The number of carbonyl (C=O) groups is 1. The van der Waals surface area contributed by atoms with Crippen LogP contribution in [0.15, 0.2) is 48.8 Å². The third-order valence-electron chi connectivity index (χ3n) is 3.54. The van der Waals surface area contributed by atoms with Gasteiger partial charge in [-0.1, -0.05) is 30.3 Å². The molecule has 0 bridgehead atoms. The average Bonchev–Trinajstić information content (AvgIpc) is 3.15. The molecule has 2 heterocycles. The number of rotatable bonds is 5. The number of anilines is 1. The molecule has 1 amide bonds. The molecule has 6 nitrogen and oxygen atoms in total. The van der Waals surface area contributed by atoms with Gasteiger partial charge in [-0.05, 0) is 19.4 Å². The summed E-state index contributed by atoms with van der Waals surface area (Å²) in [6, 6.07) is 11.9. The molecule has 0 unspecified atom stereocenters. The highest BCUT2D eigenvalue weighted by Gasteiger charge is 2.13. The monoisotopic (exact) mass is 309 g/mol. The highest BCUT2D eigenvalue weighted by molar-refractivity contribution is 6.03. The van der Waals surface area contributed by atoms with E-state index in [0.717, 1.165) is 17.8 Å². The van der Waals surface area contributed by atoms with Gasteiger partial charge in [-0.25, -0.2) is 4.68 Å². The molecule has 0 aliphatic heterocycles. The van der Waals surface area contributed by atoms with Gasteiger partial charge in [0, 0.05) is 18.8 Å². The molecule has 0 saturated carbocycles. The van der Waals surface area contributed by atoms with Gasteiger partial charge in [-0.15, -0.1) is 0 Å². The average molecular weight is 309 g/mol. The molecule has 2 aromatic heterocycles. The minimum absolute atomic E-state index is 0.182. The van der Waals surface area contributed by atoms with Crippen LogP contribution in [0.5, 0.6) is 0 Å². The number of nitrogens with one attached hydrogen (secondary N) is 1. The van der Waals surface area contributed by atoms with Crippen molar-refractivity contribution in [3.63, 3.8) is 0 Å². The number of carbonyl (C=O) groups excluding carboxylic acids is 1. The SMILES string of the molecule is CCn1cc(C(=O)Nc2cc(C)nn2Cc2ccccc2)cn1. The zero-order valence-corrected chi connectivity index (χ0v) is 13.2. The molecule has 0 aliphatic rings. The summed E-state index contributed by atoms with van der Waals surface area (Å²) in [5, 5.41) is 11.5. The summed E-state index contributed by atoms with van der Waals surface area (Å²) in [6.07, 6.45) is 3.31. The van der Waals surface area contributed by atoms with E-state index in [1.807, 2.05) is 50.2 Å². The third-order valence-corrected chi connectivity index (χ3v) is 3.54. The van der Waals surface area contributed by atoms with Gasteiger partial charge in [0.15, 0.2) is 0 Å². The molecular weight excluding hydrogens is 290 g/mol. The van der Waals surface area contributed by atoms with Crippen LogP contribution < -0.4 is 5.32 Å². The highest BCUT2D eigenvalue weighted by atomic mass is 16.1. The largest absolute Gasteiger partial charge is 0.307 e. The smallest absolute Gasteiger partial charge is 0.259 e. The Morgan fingerprint density at radius 1 is 1.26 bits per heavy atom. The van der Waals surface area contributed by atoms with Gasteiger partial charge in [0.25, 0.3) is 5.91 Å². The van der Waals surface area contributed by atoms with Crippen LogP contribution in [-0.4, -0.2) is 25.5 Å². The fraction of sp³-hybridized carbons (Fsp3) is 0.235. The zero-order chi connectivity index (χ0) is 16.2. The molecule has 1 aromatic carbocycles. The standard InChI is InChI=1S/C17H19N5O/c1-3-21-12-15(10-18-21)17(23)19-16-9-13(2)20-22(16)11-14-7-5-4-6-8-14/h4-10,12H,3,11H2,1-2H3,(H,19,23). The van der Waals surface area contributed by atoms with E-state index in [4.69, 9.17) is 0 Å². The van der Waals surface area contributed by atoms with E-state index >= 15 is 0 Å². The molecule has 0 atom stereocenters. The lowest BCUT2D eigenvalue weighted by Gasteiger charge is -2.08. The van der Waals surface area contributed by atoms with Gasteiger partial charge in [0.1, 0.15) is 5.82 Å². The Morgan fingerprint density at radius 2 is 2.04 bits per heavy atom. The van der Waals surface area contributed by atoms with E-state index in [1.165, 1.54) is 0 Å². The summed E-state index contributed by atoms with van der Waals surface area (Å²) in [7, 11) is 0. The van der Waals surface area contributed by atoms with Gasteiger partial charge < -0.3 is 5.32 Å². The second-order valence-electron chi connectivity index (χ2n) is 5.35. The topological polar surface area (TPSA) is 64.7 Å². The van der Waals surface area contributed by atoms with Crippen molar-refractivity contribution >= 4 is 11.7 Å². The first-order chi connectivity index (χ1) is 11.2. The Bertz CT molecular complexity index is 804. The van der Waals surface area contributed by atoms with Crippen LogP contribution in [0.4, 0.5) is 5.82 Å². The van der Waals surface area contributed by atoms with E-state index in [2.05, 4.69) is 15.5 Å². The van der Waals surface area contributed by atoms with E-state index in [-0.39, 0.29) is 5.91 Å². The predicted molar refractivity (Wildman–Crippen MR) is 88.4 cm³/mol. The maximum Gasteiger partial charge on any atom is 0.259 e. The number of nitrogens with zero attached hydrogens (tertiary/aromatic N) is 4. The van der Waals surface area contributed by atoms with Crippen molar-refractivity contribution in [3.8, 4) is 0 Å². The van der Waals surface area contributed by atoms with Crippen LogP contribution >= 0.6 is 0 Å². The summed E-state index contributed by atoms with van der Waals surface area (Å²) in [4.78, 5) is 12.4. The second-order valence-corrected chi connectivity index (χ2v) is 5.35. The number of aromatic nitrogens is 4. The molecule has 0 fully saturated rings. The number of amides is 1. The molecule has 23 heavy (non-hydrogen) atoms. The summed E-state index contributed by atoms with van der Waals surface area (Å²) in [6.45, 7) is 5.23. The number of hydrogen-bond acceptors (Lipinski definition) is 3. The van der Waals surface area contributed by atoms with Gasteiger partial charge in [-0.2, -0.15) is 10.2 Å². The molecule has 0 aliphatic carbocycles. The van der Waals surface area contributed by atoms with Gasteiger partial charge in [0.2, 0.25) is 0 Å². The van der Waals surface area contributed by atoms with Crippen molar-refractivity contribution in [2.45, 2.75) is 26.9 Å². The molecule has 0 saturated heterocycles. The van der Waals surface area contributed by atoms with E-state index in [1.54, 1.807) is 21.8 Å². The zero-order valence-electron chi connectivity index (χ0n) is 13.2. The van der Waals surface area contributed by atoms with Gasteiger partial charge >= 0.3 is 0 Å². The van der Waals surface area contributed by atoms with E-state index < -0.39 is 0 Å². The molecule has 1 N–H and O–H groups in total. The fourth-order valence-corrected chi connectivity index (χ4v) is 2.37. The van der Waals surface area contributed by atoms with Crippen molar-refractivity contribution < 1.29 is 4.79 Å². The van der Waals surface area contributed by atoms with Crippen LogP contribution in [0.3, 0.4) is 0 Å². The molecule has 0 radical (unpaired) electrons. The van der Waals surface area contributed by atoms with Crippen molar-refractivity contribution in [1.29, 1.82) is 0 Å². The van der Waals surface area contributed by atoms with Crippen molar-refractivity contribution in [2.24, 2.45) is 0 Å². The minimum Gasteiger partial charge on any atom is -0.307 e. The Balaban J connectivity index is 1.78. The summed E-state index contributed by atoms with van der Waals surface area (Å²) >= 11 is 0. The van der Waals surface area contributed by atoms with Crippen LogP contribution in [0.25, 0.3) is 0 Å². The predicted octanol–water partition coefficient (Wildman–Crippen LogP) is 2.71. The van der Waals surface area contributed by atoms with Crippen molar-refractivity contribution in [1.82, 2.24) is 19.6 Å². The third kappa shape index (κ3) is 3.48. The second kappa shape index (κ2) is 6.48. The quantitative estimate of drug-likeness (QED) is 0.788. The number of aryl methyl sites for hydroxylation is 2. The van der Waals surface area contributed by atoms with Crippen molar-refractivity contribution in [3.05, 3.63) is 65.6 Å². The molecule has 3 rings (SSSR count). The molecule has 0 spiro atoms. The first kappa shape index (κ1) is 15.0. The Labute approximate surface area is 134 Å². The lowest BCUT2D eigenvalue weighted by atomic mass is 10.2. The maximum atomic E-state index is 12.4. The van der Waals surface area contributed by atoms with Crippen molar-refractivity contribution in [2.75, 3.05) is 5.32 Å². The summed E-state index contributed by atoms with van der Waals surface area (Å²) < 4.78 is 3.52. The lowest BCUT2D eigenvalue weighted by molar-refractivity contribution is 0.102. The molecule has 118 valence electrons. The lowest BCUT2D eigenvalue weighted by Crippen LogP contribution is -2.15. The minimum atomic E-state index is -0.182. The van der Waals surface area contributed by atoms with E-state index in [9.17, 15) is 4.79 Å². The van der Waals surface area contributed by atoms with E-state index in [0.29, 0.717) is 17.9 Å². The summed E-state index contributed by atoms with van der Waals surface area (Å²) in [5.74, 6) is 0.500. The molecular formula is C17H19N5O. The summed E-state index contributed by atoms with van der Waals surface area (Å²) in [5.41, 5.74) is 2.53. The van der Waals surface area contributed by atoms with Crippen LogP contribution in [0, 0.1) is 6.92 Å². The normalized spacial score (nSPS) is 10.7. The fourth-order valence-electron chi connectivity index (χ4n) is 2.37. The number of benzene rings is 1. The van der Waals surface area contributed by atoms with Gasteiger partial charge in [-0.3, -0.25) is 9.48 Å². The molecule has 3 aromatic rings. The Kier molecular flexibility index (Phi) is 4.23. The first-order valence-electron chi connectivity index (χ1n) is 7.58. The number of hydrogen-bond donors (Lipinski definition) is 1. The maximum absolute atomic E-state index is 12.4. The highest BCUT2D eigenvalue weighted by Crippen LogP contribution is 2.14. The Morgan fingerprint density at radius 3 is 2.74 bits per heavy atom. The van der Waals surface area contributed by atoms with Crippen LogP contribution in [-0.2, 0) is 13.1 Å². The first-order valence-corrected chi connectivity index (χ1v) is 7.58.